The van der Waals surface area contributed by atoms with Crippen LogP contribution >= 0.6 is 0 Å². The maximum Gasteiger partial charge on any atom is 0.228 e. The fourth-order valence-electron chi connectivity index (χ4n) is 2.52. The van der Waals surface area contributed by atoms with Crippen molar-refractivity contribution in [3.63, 3.8) is 0 Å². The van der Waals surface area contributed by atoms with Gasteiger partial charge in [-0.25, -0.2) is 9.97 Å². The van der Waals surface area contributed by atoms with E-state index in [1.807, 2.05) is 26.8 Å². The predicted octanol–water partition coefficient (Wildman–Crippen LogP) is 3.71. The van der Waals surface area contributed by atoms with Gasteiger partial charge in [-0.1, -0.05) is 0 Å². The summed E-state index contributed by atoms with van der Waals surface area (Å²) in [6, 6.07) is 6.23. The number of benzene rings is 1. The van der Waals surface area contributed by atoms with Gasteiger partial charge in [0.2, 0.25) is 5.95 Å². The zero-order valence-corrected chi connectivity index (χ0v) is 13.5. The summed E-state index contributed by atoms with van der Waals surface area (Å²) in [5, 5.41) is 13.9. The van der Waals surface area contributed by atoms with Crippen molar-refractivity contribution >= 4 is 22.5 Å². The zero-order chi connectivity index (χ0) is 15.9. The third-order valence-corrected chi connectivity index (χ3v) is 3.79. The number of fused-ring (bicyclic) bond motifs is 1. The molecule has 0 aliphatic rings. The minimum Gasteiger partial charge on any atom is -0.307 e. The Bertz CT molecular complexity index is 850. The van der Waals surface area contributed by atoms with Crippen LogP contribution in [0.2, 0.25) is 0 Å². The Labute approximate surface area is 129 Å². The van der Waals surface area contributed by atoms with E-state index in [1.54, 1.807) is 0 Å². The topological polar surface area (TPSA) is 63.6 Å². The van der Waals surface area contributed by atoms with Crippen LogP contribution in [-0.4, -0.2) is 20.2 Å². The first kappa shape index (κ1) is 14.4. The third kappa shape index (κ3) is 2.62. The molecular formula is C17H19N5. The normalized spacial score (nSPS) is 11.0. The van der Waals surface area contributed by atoms with Crippen LogP contribution in [0.25, 0.3) is 10.8 Å². The molecule has 0 unspecified atom stereocenters. The molecular weight excluding hydrogens is 274 g/mol. The number of hydrogen-bond acceptors (Lipinski definition) is 5. The van der Waals surface area contributed by atoms with E-state index in [-0.39, 0.29) is 0 Å². The van der Waals surface area contributed by atoms with Crippen molar-refractivity contribution in [2.75, 3.05) is 5.32 Å². The summed E-state index contributed by atoms with van der Waals surface area (Å²) in [4.78, 5) is 8.82. The summed E-state index contributed by atoms with van der Waals surface area (Å²) in [6.07, 6.45) is 0. The minimum absolute atomic E-state index is 0.551. The van der Waals surface area contributed by atoms with Gasteiger partial charge in [0.15, 0.2) is 5.82 Å². The highest BCUT2D eigenvalue weighted by Gasteiger charge is 2.10. The van der Waals surface area contributed by atoms with E-state index >= 15 is 0 Å². The summed E-state index contributed by atoms with van der Waals surface area (Å²) in [7, 11) is 0. The first-order valence-corrected chi connectivity index (χ1v) is 7.27. The second-order valence-electron chi connectivity index (χ2n) is 5.72. The lowest BCUT2D eigenvalue weighted by Gasteiger charge is -2.11. The monoisotopic (exact) mass is 293 g/mol. The number of nitrogens with one attached hydrogen (secondary N) is 1. The molecule has 112 valence electrons. The van der Waals surface area contributed by atoms with Gasteiger partial charge in [-0.15, -0.1) is 5.10 Å². The molecule has 0 saturated heterocycles. The Kier molecular flexibility index (Phi) is 3.48. The van der Waals surface area contributed by atoms with Crippen molar-refractivity contribution in [2.45, 2.75) is 34.6 Å². The van der Waals surface area contributed by atoms with E-state index in [1.165, 1.54) is 11.1 Å². The summed E-state index contributed by atoms with van der Waals surface area (Å²) in [5.41, 5.74) is 5.24. The van der Waals surface area contributed by atoms with Gasteiger partial charge in [0, 0.05) is 22.2 Å². The third-order valence-electron chi connectivity index (χ3n) is 3.79. The van der Waals surface area contributed by atoms with Crippen molar-refractivity contribution in [1.29, 1.82) is 0 Å². The SMILES string of the molecule is Cc1cc(C)nc(Nc2nnc(C)c3cc(C)c(C)cc23)n1. The second-order valence-corrected chi connectivity index (χ2v) is 5.72. The number of rotatable bonds is 2. The lowest BCUT2D eigenvalue weighted by atomic mass is 10.0. The van der Waals surface area contributed by atoms with E-state index in [9.17, 15) is 0 Å². The van der Waals surface area contributed by atoms with Gasteiger partial charge in [0.25, 0.3) is 0 Å². The fourth-order valence-corrected chi connectivity index (χ4v) is 2.52. The van der Waals surface area contributed by atoms with Crippen LogP contribution < -0.4 is 5.32 Å². The van der Waals surface area contributed by atoms with E-state index in [0.717, 1.165) is 27.9 Å². The lowest BCUT2D eigenvalue weighted by molar-refractivity contribution is 0.991. The molecule has 0 amide bonds. The molecule has 5 nitrogen and oxygen atoms in total. The number of aromatic nitrogens is 4. The van der Waals surface area contributed by atoms with Crippen LogP contribution in [0, 0.1) is 34.6 Å². The molecule has 2 aromatic heterocycles. The summed E-state index contributed by atoms with van der Waals surface area (Å²) in [6.45, 7) is 10.1. The Morgan fingerprint density at radius 2 is 1.32 bits per heavy atom. The van der Waals surface area contributed by atoms with E-state index in [4.69, 9.17) is 0 Å². The lowest BCUT2D eigenvalue weighted by Crippen LogP contribution is -2.04. The average Bonchev–Trinajstić information content (AvgIpc) is 2.43. The van der Waals surface area contributed by atoms with Gasteiger partial charge in [-0.05, 0) is 63.9 Å². The Hall–Kier alpha value is -2.56. The summed E-state index contributed by atoms with van der Waals surface area (Å²) in [5.74, 6) is 1.24. The molecule has 0 bridgehead atoms. The maximum atomic E-state index is 4.41. The molecule has 3 aromatic rings. The Morgan fingerprint density at radius 1 is 0.727 bits per heavy atom. The Morgan fingerprint density at radius 3 is 1.95 bits per heavy atom. The number of aryl methyl sites for hydroxylation is 5. The smallest absolute Gasteiger partial charge is 0.228 e. The molecule has 2 heterocycles. The number of anilines is 2. The van der Waals surface area contributed by atoms with Crippen molar-refractivity contribution in [2.24, 2.45) is 0 Å². The molecule has 0 aliphatic heterocycles. The molecule has 0 aliphatic carbocycles. The average molecular weight is 293 g/mol. The molecule has 0 radical (unpaired) electrons. The van der Waals surface area contributed by atoms with Crippen LogP contribution in [0.3, 0.4) is 0 Å². The molecule has 0 spiro atoms. The van der Waals surface area contributed by atoms with E-state index < -0.39 is 0 Å². The van der Waals surface area contributed by atoms with Crippen molar-refractivity contribution < 1.29 is 0 Å². The molecule has 0 fully saturated rings. The first-order valence-electron chi connectivity index (χ1n) is 7.27. The molecule has 0 atom stereocenters. The predicted molar refractivity (Wildman–Crippen MR) is 88.5 cm³/mol. The van der Waals surface area contributed by atoms with Gasteiger partial charge >= 0.3 is 0 Å². The van der Waals surface area contributed by atoms with Crippen molar-refractivity contribution in [1.82, 2.24) is 20.2 Å². The van der Waals surface area contributed by atoms with E-state index in [2.05, 4.69) is 51.5 Å². The van der Waals surface area contributed by atoms with E-state index in [0.29, 0.717) is 11.8 Å². The van der Waals surface area contributed by atoms with Crippen LogP contribution in [-0.2, 0) is 0 Å². The Balaban J connectivity index is 2.14. The molecule has 5 heteroatoms. The van der Waals surface area contributed by atoms with Gasteiger partial charge < -0.3 is 5.32 Å². The highest BCUT2D eigenvalue weighted by atomic mass is 15.2. The van der Waals surface area contributed by atoms with Gasteiger partial charge in [-0.2, -0.15) is 5.10 Å². The highest BCUT2D eigenvalue weighted by molar-refractivity contribution is 5.94. The summed E-state index contributed by atoms with van der Waals surface area (Å²) >= 11 is 0. The molecule has 0 saturated carbocycles. The second kappa shape index (κ2) is 5.33. The molecule has 1 N–H and O–H groups in total. The van der Waals surface area contributed by atoms with Crippen molar-refractivity contribution in [3.8, 4) is 0 Å². The largest absolute Gasteiger partial charge is 0.307 e. The number of nitrogens with zero attached hydrogens (tertiary/aromatic N) is 4. The number of hydrogen-bond donors (Lipinski definition) is 1. The quantitative estimate of drug-likeness (QED) is 0.780. The van der Waals surface area contributed by atoms with Crippen LogP contribution in [0.4, 0.5) is 11.8 Å². The standard InChI is InChI=1S/C17H19N5/c1-9-6-14-13(5)21-22-16(15(14)7-10(9)2)20-17-18-11(3)8-12(4)19-17/h6-8H,1-5H3,(H,18,19,20,22). The molecule has 3 rings (SSSR count). The highest BCUT2D eigenvalue weighted by Crippen LogP contribution is 2.27. The van der Waals surface area contributed by atoms with Gasteiger partial charge in [-0.3, -0.25) is 0 Å². The molecule has 22 heavy (non-hydrogen) atoms. The first-order chi connectivity index (χ1) is 10.4. The fraction of sp³-hybridized carbons (Fsp3) is 0.294. The van der Waals surface area contributed by atoms with Crippen LogP contribution in [0.1, 0.15) is 28.2 Å². The summed E-state index contributed by atoms with van der Waals surface area (Å²) < 4.78 is 0. The molecule has 1 aromatic carbocycles. The zero-order valence-electron chi connectivity index (χ0n) is 13.5. The minimum atomic E-state index is 0.551. The van der Waals surface area contributed by atoms with Gasteiger partial charge in [0.1, 0.15) is 0 Å². The van der Waals surface area contributed by atoms with Crippen LogP contribution in [0.5, 0.6) is 0 Å². The van der Waals surface area contributed by atoms with Crippen LogP contribution in [0.15, 0.2) is 18.2 Å². The maximum absolute atomic E-state index is 4.41. The van der Waals surface area contributed by atoms with Gasteiger partial charge in [0.05, 0.1) is 5.69 Å². The van der Waals surface area contributed by atoms with Crippen molar-refractivity contribution in [3.05, 3.63) is 46.4 Å².